The van der Waals surface area contributed by atoms with Gasteiger partial charge in [0, 0.05) is 12.0 Å². The topological polar surface area (TPSA) is 104 Å². The second kappa shape index (κ2) is 10.6. The summed E-state index contributed by atoms with van der Waals surface area (Å²) in [6, 6.07) is 16.1. The van der Waals surface area contributed by atoms with Gasteiger partial charge in [0.05, 0.1) is 6.54 Å². The van der Waals surface area contributed by atoms with Crippen molar-refractivity contribution < 1.29 is 19.2 Å². The van der Waals surface area contributed by atoms with E-state index in [1.54, 1.807) is 30.3 Å². The molecule has 2 aromatic rings. The fourth-order valence-corrected chi connectivity index (χ4v) is 2.57. The van der Waals surface area contributed by atoms with Crippen molar-refractivity contribution in [3.63, 3.8) is 0 Å². The molecule has 3 N–H and O–H groups in total. The third-order valence-electron chi connectivity index (χ3n) is 4.05. The number of rotatable bonds is 9. The Bertz CT molecular complexity index is 809. The normalized spacial score (nSPS) is 12.3. The number of benzene rings is 2. The van der Waals surface area contributed by atoms with Crippen LogP contribution in [-0.2, 0) is 20.8 Å². The number of hydrogen-bond acceptors (Lipinski definition) is 4. The molecule has 0 bridgehead atoms. The standard InChI is InChI=1S/C21H23N3O4/c1-15(19(26)22-12-13-25)23-21(28)18(14-16-8-4-2-5-9-16)24-20(27)17-10-6-3-7-11-17/h2-11,13,15,18H,12,14H2,1H3,(H,22,26)(H,23,28)(H,24,27)/t15?,18-/m1/s1. The van der Waals surface area contributed by atoms with Gasteiger partial charge < -0.3 is 20.7 Å². The maximum absolute atomic E-state index is 12.7. The summed E-state index contributed by atoms with van der Waals surface area (Å²) in [6.45, 7) is 1.38. The lowest BCUT2D eigenvalue weighted by Crippen LogP contribution is -2.53. The van der Waals surface area contributed by atoms with E-state index >= 15 is 0 Å². The van der Waals surface area contributed by atoms with Crippen molar-refractivity contribution in [1.29, 1.82) is 0 Å². The van der Waals surface area contributed by atoms with E-state index < -0.39 is 23.9 Å². The number of amides is 3. The highest BCUT2D eigenvalue weighted by Gasteiger charge is 2.25. The largest absolute Gasteiger partial charge is 0.348 e. The lowest BCUT2D eigenvalue weighted by Gasteiger charge is -2.21. The molecule has 0 radical (unpaired) electrons. The molecule has 2 atom stereocenters. The fraction of sp³-hybridized carbons (Fsp3) is 0.238. The van der Waals surface area contributed by atoms with Crippen LogP contribution >= 0.6 is 0 Å². The van der Waals surface area contributed by atoms with Gasteiger partial charge in [0.2, 0.25) is 11.8 Å². The second-order valence-electron chi connectivity index (χ2n) is 6.22. The van der Waals surface area contributed by atoms with Gasteiger partial charge in [-0.3, -0.25) is 14.4 Å². The van der Waals surface area contributed by atoms with Crippen molar-refractivity contribution in [2.45, 2.75) is 25.4 Å². The average molecular weight is 381 g/mol. The number of nitrogens with one attached hydrogen (secondary N) is 3. The first-order valence-electron chi connectivity index (χ1n) is 8.93. The Balaban J connectivity index is 2.10. The van der Waals surface area contributed by atoms with Crippen LogP contribution in [0.4, 0.5) is 0 Å². The summed E-state index contributed by atoms with van der Waals surface area (Å²) in [4.78, 5) is 47.5. The average Bonchev–Trinajstić information content (AvgIpc) is 2.72. The van der Waals surface area contributed by atoms with E-state index in [4.69, 9.17) is 0 Å². The zero-order valence-corrected chi connectivity index (χ0v) is 15.6. The molecule has 0 aliphatic carbocycles. The molecule has 3 amide bonds. The highest BCUT2D eigenvalue weighted by molar-refractivity contribution is 5.98. The summed E-state index contributed by atoms with van der Waals surface area (Å²) < 4.78 is 0. The van der Waals surface area contributed by atoms with E-state index in [1.165, 1.54) is 6.92 Å². The zero-order chi connectivity index (χ0) is 20.4. The first kappa shape index (κ1) is 20.8. The molecule has 7 heteroatoms. The minimum absolute atomic E-state index is 0.128. The summed E-state index contributed by atoms with van der Waals surface area (Å²) in [5.74, 6) is -1.34. The van der Waals surface area contributed by atoms with E-state index in [-0.39, 0.29) is 18.9 Å². The lowest BCUT2D eigenvalue weighted by molar-refractivity contribution is -0.129. The van der Waals surface area contributed by atoms with Crippen LogP contribution in [0.1, 0.15) is 22.8 Å². The molecule has 7 nitrogen and oxygen atoms in total. The number of hydrogen-bond donors (Lipinski definition) is 3. The third kappa shape index (κ3) is 6.35. The van der Waals surface area contributed by atoms with Gasteiger partial charge in [-0.2, -0.15) is 0 Å². The van der Waals surface area contributed by atoms with E-state index in [9.17, 15) is 19.2 Å². The maximum Gasteiger partial charge on any atom is 0.251 e. The minimum Gasteiger partial charge on any atom is -0.348 e. The predicted octanol–water partition coefficient (Wildman–Crippen LogP) is 0.847. The van der Waals surface area contributed by atoms with Gasteiger partial charge in [-0.05, 0) is 24.6 Å². The van der Waals surface area contributed by atoms with E-state index in [1.807, 2.05) is 30.3 Å². The molecule has 146 valence electrons. The van der Waals surface area contributed by atoms with Crippen molar-refractivity contribution >= 4 is 24.0 Å². The van der Waals surface area contributed by atoms with Crippen molar-refractivity contribution in [2.75, 3.05) is 6.54 Å². The van der Waals surface area contributed by atoms with Gasteiger partial charge >= 0.3 is 0 Å². The van der Waals surface area contributed by atoms with Gasteiger partial charge in [-0.15, -0.1) is 0 Å². The van der Waals surface area contributed by atoms with Gasteiger partial charge in [-0.1, -0.05) is 48.5 Å². The monoisotopic (exact) mass is 381 g/mol. The Morgan fingerprint density at radius 2 is 1.50 bits per heavy atom. The zero-order valence-electron chi connectivity index (χ0n) is 15.6. The van der Waals surface area contributed by atoms with E-state index in [2.05, 4.69) is 16.0 Å². The molecule has 2 rings (SSSR count). The molecule has 0 aromatic heterocycles. The van der Waals surface area contributed by atoms with Crippen LogP contribution in [-0.4, -0.2) is 42.6 Å². The van der Waals surface area contributed by atoms with E-state index in [0.29, 0.717) is 11.8 Å². The number of carbonyl (C=O) groups is 4. The molecule has 2 aromatic carbocycles. The first-order chi connectivity index (χ1) is 13.5. The molecule has 0 aliphatic heterocycles. The predicted molar refractivity (Wildman–Crippen MR) is 105 cm³/mol. The molecular weight excluding hydrogens is 358 g/mol. The third-order valence-corrected chi connectivity index (χ3v) is 4.05. The Hall–Kier alpha value is -3.48. The van der Waals surface area contributed by atoms with Crippen LogP contribution in [0.15, 0.2) is 60.7 Å². The van der Waals surface area contributed by atoms with E-state index in [0.717, 1.165) is 5.56 Å². The van der Waals surface area contributed by atoms with Crippen LogP contribution in [0.25, 0.3) is 0 Å². The van der Waals surface area contributed by atoms with Crippen LogP contribution in [0.2, 0.25) is 0 Å². The summed E-state index contributed by atoms with van der Waals surface area (Å²) >= 11 is 0. The Labute approximate surface area is 163 Å². The highest BCUT2D eigenvalue weighted by Crippen LogP contribution is 2.06. The number of aldehydes is 1. The van der Waals surface area contributed by atoms with Crippen molar-refractivity contribution in [2.24, 2.45) is 0 Å². The molecule has 0 heterocycles. The summed E-state index contributed by atoms with van der Waals surface area (Å²) in [7, 11) is 0. The minimum atomic E-state index is -0.864. The molecular formula is C21H23N3O4. The first-order valence-corrected chi connectivity index (χ1v) is 8.93. The lowest BCUT2D eigenvalue weighted by atomic mass is 10.0. The molecule has 28 heavy (non-hydrogen) atoms. The van der Waals surface area contributed by atoms with Gasteiger partial charge in [0.15, 0.2) is 0 Å². The van der Waals surface area contributed by atoms with Gasteiger partial charge in [0.25, 0.3) is 5.91 Å². The molecule has 0 spiro atoms. The van der Waals surface area contributed by atoms with Crippen LogP contribution in [0.5, 0.6) is 0 Å². The number of carbonyl (C=O) groups excluding carboxylic acids is 4. The highest BCUT2D eigenvalue weighted by atomic mass is 16.2. The molecule has 0 fully saturated rings. The van der Waals surface area contributed by atoms with Crippen LogP contribution in [0, 0.1) is 0 Å². The molecule has 0 aliphatic rings. The molecule has 1 unspecified atom stereocenters. The summed E-state index contributed by atoms with van der Waals surface area (Å²) in [5.41, 5.74) is 1.30. The Morgan fingerprint density at radius 3 is 2.11 bits per heavy atom. The van der Waals surface area contributed by atoms with Crippen LogP contribution < -0.4 is 16.0 Å². The smallest absolute Gasteiger partial charge is 0.251 e. The Morgan fingerprint density at radius 1 is 0.893 bits per heavy atom. The Kier molecular flexibility index (Phi) is 7.90. The van der Waals surface area contributed by atoms with Gasteiger partial charge in [0.1, 0.15) is 18.4 Å². The van der Waals surface area contributed by atoms with Crippen LogP contribution in [0.3, 0.4) is 0 Å². The summed E-state index contributed by atoms with van der Waals surface area (Å²) in [6.07, 6.45) is 0.832. The van der Waals surface area contributed by atoms with Crippen molar-refractivity contribution in [3.8, 4) is 0 Å². The SMILES string of the molecule is CC(NC(=O)[C@@H](Cc1ccccc1)NC(=O)c1ccccc1)C(=O)NCC=O. The van der Waals surface area contributed by atoms with Crippen molar-refractivity contribution in [3.05, 3.63) is 71.8 Å². The quantitative estimate of drug-likeness (QED) is 0.560. The van der Waals surface area contributed by atoms with Crippen molar-refractivity contribution in [1.82, 2.24) is 16.0 Å². The molecule has 0 saturated heterocycles. The van der Waals surface area contributed by atoms with Gasteiger partial charge in [-0.25, -0.2) is 0 Å². The maximum atomic E-state index is 12.7. The second-order valence-corrected chi connectivity index (χ2v) is 6.22. The molecule has 0 saturated carbocycles. The fourth-order valence-electron chi connectivity index (χ4n) is 2.57. The summed E-state index contributed by atoms with van der Waals surface area (Å²) in [5, 5.41) is 7.70.